The van der Waals surface area contributed by atoms with E-state index in [9.17, 15) is 4.79 Å². The maximum atomic E-state index is 11.8. The first-order chi connectivity index (χ1) is 7.31. The van der Waals surface area contributed by atoms with Crippen LogP contribution in [0.4, 0.5) is 0 Å². The molecule has 15 heavy (non-hydrogen) atoms. The van der Waals surface area contributed by atoms with Crippen LogP contribution in [0, 0.1) is 0 Å². The van der Waals surface area contributed by atoms with Gasteiger partial charge in [-0.25, -0.2) is 0 Å². The van der Waals surface area contributed by atoms with Crippen LogP contribution in [0.1, 0.15) is 16.8 Å². The first kappa shape index (κ1) is 9.77. The van der Waals surface area contributed by atoms with E-state index in [0.717, 1.165) is 12.2 Å². The Morgan fingerprint density at radius 3 is 2.60 bits per heavy atom. The van der Waals surface area contributed by atoms with Crippen LogP contribution in [-0.4, -0.2) is 19.5 Å². The smallest absolute Gasteiger partial charge is 0.227 e. The number of rotatable bonds is 3. The summed E-state index contributed by atoms with van der Waals surface area (Å²) in [5, 5.41) is 0. The van der Waals surface area contributed by atoms with Crippen molar-refractivity contribution in [1.29, 1.82) is 0 Å². The number of ketones is 1. The molecule has 1 aromatic carbocycles. The average molecular weight is 204 g/mol. The first-order valence-corrected chi connectivity index (χ1v) is 4.83. The van der Waals surface area contributed by atoms with Crippen molar-refractivity contribution in [2.75, 3.05) is 13.7 Å². The molecule has 0 unspecified atom stereocenters. The third-order valence-corrected chi connectivity index (χ3v) is 2.28. The van der Waals surface area contributed by atoms with Gasteiger partial charge in [0.1, 0.15) is 5.75 Å². The summed E-state index contributed by atoms with van der Waals surface area (Å²) in [6.45, 7) is 0.608. The molecular formula is C12H12O3. The van der Waals surface area contributed by atoms with Crippen LogP contribution < -0.4 is 4.74 Å². The van der Waals surface area contributed by atoms with Gasteiger partial charge in [0.05, 0.1) is 13.7 Å². The topological polar surface area (TPSA) is 35.5 Å². The number of carbonyl (C=O) groups excluding carboxylic acids is 1. The molecule has 1 heterocycles. The van der Waals surface area contributed by atoms with Gasteiger partial charge < -0.3 is 9.47 Å². The van der Waals surface area contributed by atoms with E-state index in [1.54, 1.807) is 31.4 Å². The Kier molecular flexibility index (Phi) is 2.72. The quantitative estimate of drug-likeness (QED) is 0.708. The minimum Gasteiger partial charge on any atom is -0.497 e. The van der Waals surface area contributed by atoms with Gasteiger partial charge in [-0.1, -0.05) is 0 Å². The number of carbonyl (C=O) groups is 1. The molecule has 0 saturated carbocycles. The zero-order valence-corrected chi connectivity index (χ0v) is 8.53. The van der Waals surface area contributed by atoms with Crippen LogP contribution in [0.2, 0.25) is 0 Å². The van der Waals surface area contributed by atoms with Crippen molar-refractivity contribution in [2.24, 2.45) is 0 Å². The summed E-state index contributed by atoms with van der Waals surface area (Å²) >= 11 is 0. The Morgan fingerprint density at radius 1 is 1.33 bits per heavy atom. The van der Waals surface area contributed by atoms with E-state index in [1.165, 1.54) is 0 Å². The zero-order valence-electron chi connectivity index (χ0n) is 8.53. The molecular weight excluding hydrogens is 192 g/mol. The second-order valence-corrected chi connectivity index (χ2v) is 3.26. The molecule has 2 rings (SSSR count). The highest BCUT2D eigenvalue weighted by Gasteiger charge is 2.16. The van der Waals surface area contributed by atoms with Crippen LogP contribution in [0.3, 0.4) is 0 Å². The Balaban J connectivity index is 2.18. The summed E-state index contributed by atoms with van der Waals surface area (Å²) in [5.41, 5.74) is 0.629. The number of Topliss-reactive ketones (excluding diaryl/α,β-unsaturated/α-hetero) is 1. The van der Waals surface area contributed by atoms with Gasteiger partial charge in [0, 0.05) is 12.0 Å². The molecule has 0 atom stereocenters. The fourth-order valence-electron chi connectivity index (χ4n) is 1.46. The highest BCUT2D eigenvalue weighted by atomic mass is 16.5. The van der Waals surface area contributed by atoms with Crippen LogP contribution in [0.5, 0.6) is 5.75 Å². The molecule has 0 bridgehead atoms. The molecule has 1 aromatic rings. The normalized spacial score (nSPS) is 14.3. The van der Waals surface area contributed by atoms with Gasteiger partial charge in [0.2, 0.25) is 5.78 Å². The van der Waals surface area contributed by atoms with Crippen LogP contribution in [0.15, 0.2) is 36.1 Å². The Bertz CT molecular complexity index is 390. The van der Waals surface area contributed by atoms with E-state index >= 15 is 0 Å². The van der Waals surface area contributed by atoms with E-state index in [-0.39, 0.29) is 5.78 Å². The minimum atomic E-state index is -0.0600. The van der Waals surface area contributed by atoms with Gasteiger partial charge in [-0.15, -0.1) is 0 Å². The SMILES string of the molecule is COc1ccc(C(=O)C2=CCCO2)cc1. The van der Waals surface area contributed by atoms with Crippen molar-refractivity contribution < 1.29 is 14.3 Å². The van der Waals surface area contributed by atoms with Crippen molar-refractivity contribution in [2.45, 2.75) is 6.42 Å². The lowest BCUT2D eigenvalue weighted by atomic mass is 10.1. The average Bonchev–Trinajstić information content (AvgIpc) is 2.82. The lowest BCUT2D eigenvalue weighted by molar-refractivity contribution is 0.0942. The molecule has 3 heteroatoms. The zero-order chi connectivity index (χ0) is 10.7. The van der Waals surface area contributed by atoms with Gasteiger partial charge in [-0.2, -0.15) is 0 Å². The van der Waals surface area contributed by atoms with E-state index < -0.39 is 0 Å². The number of hydrogen-bond donors (Lipinski definition) is 0. The standard InChI is InChI=1S/C12H12O3/c1-14-10-6-4-9(5-7-10)12(13)11-3-2-8-15-11/h3-7H,2,8H2,1H3. The molecule has 0 saturated heterocycles. The molecule has 78 valence electrons. The van der Waals surface area contributed by atoms with Gasteiger partial charge >= 0.3 is 0 Å². The largest absolute Gasteiger partial charge is 0.497 e. The second kappa shape index (κ2) is 4.17. The van der Waals surface area contributed by atoms with Crippen molar-refractivity contribution in [3.63, 3.8) is 0 Å². The van der Waals surface area contributed by atoms with Crippen LogP contribution in [0.25, 0.3) is 0 Å². The van der Waals surface area contributed by atoms with Crippen molar-refractivity contribution in [1.82, 2.24) is 0 Å². The van der Waals surface area contributed by atoms with Gasteiger partial charge in [-0.05, 0) is 30.3 Å². The summed E-state index contributed by atoms with van der Waals surface area (Å²) in [7, 11) is 1.60. The summed E-state index contributed by atoms with van der Waals surface area (Å²) in [4.78, 5) is 11.8. The van der Waals surface area contributed by atoms with Gasteiger partial charge in [0.15, 0.2) is 5.76 Å². The van der Waals surface area contributed by atoms with Gasteiger partial charge in [-0.3, -0.25) is 4.79 Å². The van der Waals surface area contributed by atoms with Gasteiger partial charge in [0.25, 0.3) is 0 Å². The maximum absolute atomic E-state index is 11.8. The Morgan fingerprint density at radius 2 is 2.07 bits per heavy atom. The predicted octanol–water partition coefficient (Wildman–Crippen LogP) is 2.18. The molecule has 0 radical (unpaired) electrons. The Hall–Kier alpha value is -1.77. The molecule has 0 spiro atoms. The van der Waals surface area contributed by atoms with E-state index in [0.29, 0.717) is 17.9 Å². The van der Waals surface area contributed by atoms with Crippen LogP contribution >= 0.6 is 0 Å². The second-order valence-electron chi connectivity index (χ2n) is 3.26. The molecule has 1 aliphatic rings. The number of methoxy groups -OCH3 is 1. The summed E-state index contributed by atoms with van der Waals surface area (Å²) in [5.74, 6) is 1.14. The fourth-order valence-corrected chi connectivity index (χ4v) is 1.46. The molecule has 0 N–H and O–H groups in total. The molecule has 0 aliphatic carbocycles. The highest BCUT2D eigenvalue weighted by Crippen LogP contribution is 2.18. The molecule has 0 fully saturated rings. The monoisotopic (exact) mass is 204 g/mol. The number of benzene rings is 1. The Labute approximate surface area is 88.3 Å². The van der Waals surface area contributed by atoms with E-state index in [1.807, 2.05) is 6.08 Å². The molecule has 0 amide bonds. The molecule has 3 nitrogen and oxygen atoms in total. The molecule has 0 aromatic heterocycles. The fraction of sp³-hybridized carbons (Fsp3) is 0.250. The maximum Gasteiger partial charge on any atom is 0.227 e. The van der Waals surface area contributed by atoms with Crippen molar-refractivity contribution in [3.05, 3.63) is 41.7 Å². The number of allylic oxidation sites excluding steroid dienone is 1. The van der Waals surface area contributed by atoms with E-state index in [2.05, 4.69) is 0 Å². The van der Waals surface area contributed by atoms with Crippen molar-refractivity contribution >= 4 is 5.78 Å². The predicted molar refractivity (Wildman–Crippen MR) is 56.0 cm³/mol. The number of hydrogen-bond acceptors (Lipinski definition) is 3. The highest BCUT2D eigenvalue weighted by molar-refractivity contribution is 6.07. The summed E-state index contributed by atoms with van der Waals surface area (Å²) < 4.78 is 10.2. The summed E-state index contributed by atoms with van der Waals surface area (Å²) in [6, 6.07) is 7.01. The molecule has 1 aliphatic heterocycles. The third-order valence-electron chi connectivity index (χ3n) is 2.28. The number of ether oxygens (including phenoxy) is 2. The summed E-state index contributed by atoms with van der Waals surface area (Å²) in [6.07, 6.45) is 2.64. The minimum absolute atomic E-state index is 0.0600. The third kappa shape index (κ3) is 2.01. The first-order valence-electron chi connectivity index (χ1n) is 4.83. The lowest BCUT2D eigenvalue weighted by Crippen LogP contribution is -2.03. The van der Waals surface area contributed by atoms with Crippen LogP contribution in [-0.2, 0) is 4.74 Å². The van der Waals surface area contributed by atoms with Crippen molar-refractivity contribution in [3.8, 4) is 5.75 Å². The lowest BCUT2D eigenvalue weighted by Gasteiger charge is -2.04. The van der Waals surface area contributed by atoms with E-state index in [4.69, 9.17) is 9.47 Å².